The lowest BCUT2D eigenvalue weighted by Gasteiger charge is -2.06. The van der Waals surface area contributed by atoms with Crippen molar-refractivity contribution in [3.8, 4) is 28.8 Å². The first-order valence-electron chi connectivity index (χ1n) is 8.83. The van der Waals surface area contributed by atoms with E-state index in [1.54, 1.807) is 37.5 Å². The predicted molar refractivity (Wildman–Crippen MR) is 108 cm³/mol. The van der Waals surface area contributed by atoms with Crippen molar-refractivity contribution in [2.45, 2.75) is 0 Å². The molecule has 4 rings (SSSR count). The number of anilines is 1. The van der Waals surface area contributed by atoms with E-state index in [1.165, 1.54) is 12.3 Å². The van der Waals surface area contributed by atoms with E-state index in [-0.39, 0.29) is 11.8 Å². The van der Waals surface area contributed by atoms with Gasteiger partial charge in [0, 0.05) is 6.08 Å². The van der Waals surface area contributed by atoms with Crippen molar-refractivity contribution in [2.75, 3.05) is 12.4 Å². The molecule has 0 unspecified atom stereocenters. The largest absolute Gasteiger partial charge is 0.497 e. The van der Waals surface area contributed by atoms with Crippen LogP contribution in [-0.4, -0.2) is 23.2 Å². The highest BCUT2D eigenvalue weighted by molar-refractivity contribution is 6.03. The Labute approximate surface area is 166 Å². The Bertz CT molecular complexity index is 1130. The van der Waals surface area contributed by atoms with Crippen molar-refractivity contribution in [3.63, 3.8) is 0 Å². The average Bonchev–Trinajstić information content (AvgIpc) is 3.45. The summed E-state index contributed by atoms with van der Waals surface area (Å²) in [4.78, 5) is 16.7. The van der Waals surface area contributed by atoms with Gasteiger partial charge in [-0.3, -0.25) is 4.79 Å². The molecule has 0 bridgehead atoms. The molecule has 0 atom stereocenters. The minimum Gasteiger partial charge on any atom is -0.497 e. The highest BCUT2D eigenvalue weighted by atomic mass is 16.5. The molecule has 7 nitrogen and oxygen atoms in total. The van der Waals surface area contributed by atoms with Crippen LogP contribution in [0, 0.1) is 0 Å². The van der Waals surface area contributed by atoms with Crippen molar-refractivity contribution in [2.24, 2.45) is 0 Å². The minimum absolute atomic E-state index is 0.279. The standard InChI is InChI=1S/C22H17N3O4/c1-27-16-11-8-15(9-12-16)10-13-20(26)23-18-6-3-2-5-17(18)22-24-21(25-29-22)19-7-4-14-28-19/h2-14H,1H3,(H,23,26)/b13-10+. The number of carbonyl (C=O) groups is 1. The average molecular weight is 387 g/mol. The van der Waals surface area contributed by atoms with Gasteiger partial charge in [-0.2, -0.15) is 4.98 Å². The third kappa shape index (κ3) is 4.24. The van der Waals surface area contributed by atoms with Crippen LogP contribution in [0.1, 0.15) is 5.56 Å². The molecule has 2 aromatic carbocycles. The number of benzene rings is 2. The van der Waals surface area contributed by atoms with E-state index in [2.05, 4.69) is 15.5 Å². The van der Waals surface area contributed by atoms with Crippen LogP contribution < -0.4 is 10.1 Å². The first-order chi connectivity index (χ1) is 14.2. The Hall–Kier alpha value is -4.13. The summed E-state index contributed by atoms with van der Waals surface area (Å²) in [6.07, 6.45) is 4.72. The van der Waals surface area contributed by atoms with Crippen LogP contribution in [0.2, 0.25) is 0 Å². The van der Waals surface area contributed by atoms with Gasteiger partial charge in [-0.15, -0.1) is 0 Å². The first-order valence-corrected chi connectivity index (χ1v) is 8.83. The Balaban J connectivity index is 1.51. The summed E-state index contributed by atoms with van der Waals surface area (Å²) >= 11 is 0. The van der Waals surface area contributed by atoms with Gasteiger partial charge >= 0.3 is 0 Å². The molecular formula is C22H17N3O4. The smallest absolute Gasteiger partial charge is 0.260 e. The monoisotopic (exact) mass is 387 g/mol. The molecule has 0 spiro atoms. The fourth-order valence-corrected chi connectivity index (χ4v) is 2.68. The van der Waals surface area contributed by atoms with Gasteiger partial charge in [-0.1, -0.05) is 29.4 Å². The summed E-state index contributed by atoms with van der Waals surface area (Å²) in [7, 11) is 1.61. The maximum absolute atomic E-state index is 12.4. The normalized spacial score (nSPS) is 10.9. The summed E-state index contributed by atoms with van der Waals surface area (Å²) in [5, 5.41) is 6.77. The van der Waals surface area contributed by atoms with Crippen LogP contribution in [0.4, 0.5) is 5.69 Å². The van der Waals surface area contributed by atoms with Gasteiger partial charge in [0.15, 0.2) is 5.76 Å². The molecule has 2 heterocycles. The topological polar surface area (TPSA) is 90.4 Å². The zero-order chi connectivity index (χ0) is 20.1. The number of hydrogen-bond acceptors (Lipinski definition) is 6. The number of amides is 1. The van der Waals surface area contributed by atoms with E-state index < -0.39 is 0 Å². The number of ether oxygens (including phenoxy) is 1. The Morgan fingerprint density at radius 3 is 2.66 bits per heavy atom. The van der Waals surface area contributed by atoms with Crippen molar-refractivity contribution in [1.82, 2.24) is 10.1 Å². The lowest BCUT2D eigenvalue weighted by atomic mass is 10.1. The van der Waals surface area contributed by atoms with Gasteiger partial charge < -0.3 is 19.0 Å². The minimum atomic E-state index is -0.279. The summed E-state index contributed by atoms with van der Waals surface area (Å²) in [5.41, 5.74) is 2.06. The van der Waals surface area contributed by atoms with Crippen LogP contribution in [0.3, 0.4) is 0 Å². The van der Waals surface area contributed by atoms with Gasteiger partial charge in [0.05, 0.1) is 24.6 Å². The lowest BCUT2D eigenvalue weighted by molar-refractivity contribution is -0.111. The summed E-state index contributed by atoms with van der Waals surface area (Å²) in [6.45, 7) is 0. The number of hydrogen-bond donors (Lipinski definition) is 1. The lowest BCUT2D eigenvalue weighted by Crippen LogP contribution is -2.08. The maximum atomic E-state index is 12.4. The van der Waals surface area contributed by atoms with Crippen molar-refractivity contribution >= 4 is 17.7 Å². The molecule has 2 aromatic heterocycles. The molecule has 0 aliphatic carbocycles. The second-order valence-corrected chi connectivity index (χ2v) is 6.04. The van der Waals surface area contributed by atoms with E-state index in [1.807, 2.05) is 36.4 Å². The number of rotatable bonds is 6. The molecule has 1 N–H and O–H groups in total. The van der Waals surface area contributed by atoms with E-state index in [4.69, 9.17) is 13.7 Å². The number of para-hydroxylation sites is 1. The number of methoxy groups -OCH3 is 1. The van der Waals surface area contributed by atoms with Crippen LogP contribution in [0.25, 0.3) is 29.1 Å². The van der Waals surface area contributed by atoms with Crippen molar-refractivity contribution in [3.05, 3.63) is 78.6 Å². The Kier molecular flexibility index (Phi) is 5.20. The molecule has 0 fully saturated rings. The molecule has 0 saturated heterocycles. The fourth-order valence-electron chi connectivity index (χ4n) is 2.68. The van der Waals surface area contributed by atoms with Crippen LogP contribution in [0.5, 0.6) is 5.75 Å². The first kappa shape index (κ1) is 18.2. The van der Waals surface area contributed by atoms with Gasteiger partial charge in [0.1, 0.15) is 5.75 Å². The van der Waals surface area contributed by atoms with Crippen molar-refractivity contribution in [1.29, 1.82) is 0 Å². The van der Waals surface area contributed by atoms with Crippen LogP contribution in [-0.2, 0) is 4.79 Å². The van der Waals surface area contributed by atoms with Crippen LogP contribution >= 0.6 is 0 Å². The molecule has 0 radical (unpaired) electrons. The van der Waals surface area contributed by atoms with E-state index in [0.717, 1.165) is 11.3 Å². The predicted octanol–water partition coefficient (Wildman–Crippen LogP) is 4.66. The van der Waals surface area contributed by atoms with E-state index in [9.17, 15) is 4.79 Å². The Morgan fingerprint density at radius 2 is 1.90 bits per heavy atom. The van der Waals surface area contributed by atoms with Crippen molar-refractivity contribution < 1.29 is 18.5 Å². The number of carbonyl (C=O) groups excluding carboxylic acids is 1. The number of furan rings is 1. The number of nitrogens with zero attached hydrogens (tertiary/aromatic N) is 2. The molecule has 29 heavy (non-hydrogen) atoms. The van der Waals surface area contributed by atoms with Gasteiger partial charge in [-0.25, -0.2) is 0 Å². The molecule has 1 amide bonds. The fraction of sp³-hybridized carbons (Fsp3) is 0.0455. The van der Waals surface area contributed by atoms with E-state index in [0.29, 0.717) is 22.8 Å². The van der Waals surface area contributed by atoms with Gasteiger partial charge in [0.25, 0.3) is 5.89 Å². The molecular weight excluding hydrogens is 370 g/mol. The third-order valence-corrected chi connectivity index (χ3v) is 4.13. The third-order valence-electron chi connectivity index (χ3n) is 4.13. The molecule has 0 aliphatic rings. The second kappa shape index (κ2) is 8.26. The summed E-state index contributed by atoms with van der Waals surface area (Å²) in [6, 6.07) is 18.1. The molecule has 4 aromatic rings. The zero-order valence-corrected chi connectivity index (χ0v) is 15.5. The molecule has 0 saturated carbocycles. The zero-order valence-electron chi connectivity index (χ0n) is 15.5. The second-order valence-electron chi connectivity index (χ2n) is 6.04. The van der Waals surface area contributed by atoms with E-state index >= 15 is 0 Å². The molecule has 144 valence electrons. The molecule has 0 aliphatic heterocycles. The highest BCUT2D eigenvalue weighted by Crippen LogP contribution is 2.28. The summed E-state index contributed by atoms with van der Waals surface area (Å²) in [5.74, 6) is 1.61. The quantitative estimate of drug-likeness (QED) is 0.484. The maximum Gasteiger partial charge on any atom is 0.260 e. The number of aromatic nitrogens is 2. The Morgan fingerprint density at radius 1 is 1.07 bits per heavy atom. The van der Waals surface area contributed by atoms with Gasteiger partial charge in [0.2, 0.25) is 11.7 Å². The number of nitrogens with one attached hydrogen (secondary N) is 1. The SMILES string of the molecule is COc1ccc(/C=C/C(=O)Nc2ccccc2-c2nc(-c3ccco3)no2)cc1. The van der Waals surface area contributed by atoms with Gasteiger partial charge in [-0.05, 0) is 48.0 Å². The van der Waals surface area contributed by atoms with Crippen LogP contribution in [0.15, 0.2) is 81.9 Å². The highest BCUT2D eigenvalue weighted by Gasteiger charge is 2.16. The summed E-state index contributed by atoms with van der Waals surface area (Å²) < 4.78 is 15.8. The molecule has 7 heteroatoms.